The van der Waals surface area contributed by atoms with Crippen LogP contribution in [0.3, 0.4) is 0 Å². The lowest BCUT2D eigenvalue weighted by Gasteiger charge is -2.62. The third kappa shape index (κ3) is 8.52. The van der Waals surface area contributed by atoms with Gasteiger partial charge in [0.05, 0.1) is 12.9 Å². The maximum Gasteiger partial charge on any atom is 0.238 e. The normalized spacial score (nSPS) is 26.5. The fourth-order valence-corrected chi connectivity index (χ4v) is 10.8. The number of nitrogens with one attached hydrogen (secondary N) is 1. The number of carbonyl (C=O) groups is 1. The number of carbonyl (C=O) groups excluding carboxylic acids is 1. The van der Waals surface area contributed by atoms with Crippen LogP contribution < -0.4 is 10.1 Å². The summed E-state index contributed by atoms with van der Waals surface area (Å²) >= 11 is 6.60. The zero-order valence-corrected chi connectivity index (χ0v) is 33.0. The summed E-state index contributed by atoms with van der Waals surface area (Å²) < 4.78 is 49.1. The Labute approximate surface area is 305 Å². The Morgan fingerprint density at radius 2 is 1.84 bits per heavy atom. The third-order valence-electron chi connectivity index (χ3n) is 11.7. The van der Waals surface area contributed by atoms with Crippen LogP contribution in [-0.4, -0.2) is 80.1 Å². The van der Waals surface area contributed by atoms with Crippen molar-refractivity contribution in [2.45, 2.75) is 105 Å². The minimum Gasteiger partial charge on any atom is -0.494 e. The molecule has 0 radical (unpaired) electrons. The number of amides is 1. The van der Waals surface area contributed by atoms with Crippen LogP contribution in [-0.2, 0) is 34.5 Å². The smallest absolute Gasteiger partial charge is 0.238 e. The van der Waals surface area contributed by atoms with E-state index in [0.29, 0.717) is 40.3 Å². The number of fused-ring (bicyclic) bond motifs is 2. The van der Waals surface area contributed by atoms with E-state index in [-0.39, 0.29) is 54.4 Å². The number of hydrogen-bond donors (Lipinski definition) is 1. The van der Waals surface area contributed by atoms with E-state index in [4.69, 9.17) is 16.3 Å². The molecule has 0 spiro atoms. The van der Waals surface area contributed by atoms with E-state index in [9.17, 15) is 13.2 Å². The molecule has 3 saturated carbocycles. The molecule has 2 aromatic carbocycles. The van der Waals surface area contributed by atoms with Crippen molar-refractivity contribution in [1.82, 2.24) is 19.4 Å². The third-order valence-corrected chi connectivity index (χ3v) is 13.9. The zero-order valence-electron chi connectivity index (χ0n) is 31.4. The fourth-order valence-electron chi connectivity index (χ4n) is 8.88. The molecule has 6 atom stereocenters. The van der Waals surface area contributed by atoms with Gasteiger partial charge in [0.1, 0.15) is 6.04 Å². The molecule has 2 bridgehead atoms. The van der Waals surface area contributed by atoms with Gasteiger partial charge in [-0.1, -0.05) is 77.4 Å². The number of benzene rings is 2. The minimum atomic E-state index is -3.61. The Balaban J connectivity index is 1.37. The summed E-state index contributed by atoms with van der Waals surface area (Å²) in [6, 6.07) is 10.5. The van der Waals surface area contributed by atoms with Crippen molar-refractivity contribution in [2.24, 2.45) is 28.6 Å². The lowest BCUT2D eigenvalue weighted by Crippen LogP contribution is -2.61. The molecule has 50 heavy (non-hydrogen) atoms. The standard InChI is InChI=1S/C39H58ClFN4O4S/c1-25-31-18-28(39(31,5)6)19-33(25)42-37(46)34-15-16-50(47,48)45(34)22-27-12-10-11-26(17-27)21-44(29(23-43(7)8)20-38(2,3)4)24-30-32(40)13-14-35(49-9)36(30)41/h10-14,17,25,28-29,31,33-34H,15-16,18-24H2,1-9H3,(H,42,46)/t25-,28+,29-,31+,33-,34?/m0/s1. The highest BCUT2D eigenvalue weighted by atomic mass is 35.5. The molecular formula is C39H58ClFN4O4S. The summed E-state index contributed by atoms with van der Waals surface area (Å²) in [6.45, 7) is 15.1. The first-order chi connectivity index (χ1) is 23.3. The quantitative estimate of drug-likeness (QED) is 0.240. The fraction of sp³-hybridized carbons (Fsp3) is 0.667. The molecule has 1 saturated heterocycles. The topological polar surface area (TPSA) is 82.2 Å². The van der Waals surface area contributed by atoms with E-state index >= 15 is 4.39 Å². The Kier molecular flexibility index (Phi) is 11.7. The van der Waals surface area contributed by atoms with Crippen molar-refractivity contribution in [3.63, 3.8) is 0 Å². The second-order valence-electron chi connectivity index (χ2n) is 17.2. The summed E-state index contributed by atoms with van der Waals surface area (Å²) in [4.78, 5) is 18.1. The van der Waals surface area contributed by atoms with Crippen LogP contribution in [0.2, 0.25) is 5.02 Å². The maximum absolute atomic E-state index is 15.6. The molecule has 2 aromatic rings. The van der Waals surface area contributed by atoms with Crippen molar-refractivity contribution in [2.75, 3.05) is 33.5 Å². The second kappa shape index (κ2) is 15.0. The van der Waals surface area contributed by atoms with Crippen molar-refractivity contribution in [3.8, 4) is 5.75 Å². The number of rotatable bonds is 13. The van der Waals surface area contributed by atoms with Gasteiger partial charge in [-0.3, -0.25) is 9.69 Å². The Hall–Kier alpha value is -2.24. The molecule has 1 N–H and O–H groups in total. The van der Waals surface area contributed by atoms with Crippen molar-refractivity contribution < 1.29 is 22.3 Å². The first-order valence-corrected chi connectivity index (χ1v) is 20.1. The minimum absolute atomic E-state index is 0.00323. The Bertz CT molecular complexity index is 1640. The molecule has 278 valence electrons. The molecule has 6 rings (SSSR count). The van der Waals surface area contributed by atoms with Gasteiger partial charge in [0.15, 0.2) is 11.6 Å². The van der Waals surface area contributed by atoms with E-state index in [1.807, 2.05) is 38.4 Å². The lowest BCUT2D eigenvalue weighted by molar-refractivity contribution is -0.136. The molecule has 1 heterocycles. The molecule has 0 aromatic heterocycles. The highest BCUT2D eigenvalue weighted by molar-refractivity contribution is 7.89. The molecule has 4 fully saturated rings. The van der Waals surface area contributed by atoms with Crippen LogP contribution in [0.25, 0.3) is 0 Å². The number of halogens is 2. The van der Waals surface area contributed by atoms with Crippen LogP contribution in [0.4, 0.5) is 4.39 Å². The SMILES string of the molecule is COc1ccc(Cl)c(CN(Cc2cccc(CN3C(C(=O)N[C@H]4C[C@H]5C[C@H]([C@@H]4C)C5(C)C)CCS3(=O)=O)c2)[C@H](CN(C)C)CC(C)(C)C)c1F. The highest BCUT2D eigenvalue weighted by Crippen LogP contribution is 2.61. The van der Waals surface area contributed by atoms with Crippen LogP contribution >= 0.6 is 11.6 Å². The van der Waals surface area contributed by atoms with Gasteiger partial charge in [-0.05, 0) is 91.6 Å². The van der Waals surface area contributed by atoms with Gasteiger partial charge < -0.3 is 15.0 Å². The summed E-state index contributed by atoms with van der Waals surface area (Å²) in [5, 5.41) is 3.62. The molecule has 8 nitrogen and oxygen atoms in total. The van der Waals surface area contributed by atoms with Crippen molar-refractivity contribution in [3.05, 3.63) is 63.9 Å². The van der Waals surface area contributed by atoms with E-state index in [0.717, 1.165) is 30.5 Å². The van der Waals surface area contributed by atoms with Crippen LogP contribution in [0.1, 0.15) is 83.9 Å². The first-order valence-electron chi connectivity index (χ1n) is 18.1. The van der Waals surface area contributed by atoms with Gasteiger partial charge >= 0.3 is 0 Å². The monoisotopic (exact) mass is 732 g/mol. The number of likely N-dealkylation sites (N-methyl/N-ethyl adjacent to an activating group) is 1. The van der Waals surface area contributed by atoms with Gasteiger partial charge in [0.2, 0.25) is 15.9 Å². The van der Waals surface area contributed by atoms with Gasteiger partial charge in [0, 0.05) is 48.8 Å². The molecule has 1 aliphatic heterocycles. The Morgan fingerprint density at radius 1 is 1.14 bits per heavy atom. The van der Waals surface area contributed by atoms with Crippen molar-refractivity contribution in [1.29, 1.82) is 0 Å². The molecule has 1 unspecified atom stereocenters. The number of sulfonamides is 1. The molecule has 4 aliphatic rings. The second-order valence-corrected chi connectivity index (χ2v) is 19.6. The van der Waals surface area contributed by atoms with E-state index in [1.165, 1.54) is 17.8 Å². The molecule has 3 aliphatic carbocycles. The zero-order chi connectivity index (χ0) is 36.8. The largest absolute Gasteiger partial charge is 0.494 e. The number of ether oxygens (including phenoxy) is 1. The number of methoxy groups -OCH3 is 1. The van der Waals surface area contributed by atoms with Crippen LogP contribution in [0.15, 0.2) is 36.4 Å². The van der Waals surface area contributed by atoms with Crippen LogP contribution in [0, 0.1) is 34.4 Å². The summed E-state index contributed by atoms with van der Waals surface area (Å²) in [5.41, 5.74) is 2.46. The average molecular weight is 733 g/mol. The van der Waals surface area contributed by atoms with Gasteiger partial charge in [-0.15, -0.1) is 0 Å². The molecule has 1 amide bonds. The number of nitrogens with zero attached hydrogens (tertiary/aromatic N) is 3. The predicted molar refractivity (Wildman–Crippen MR) is 199 cm³/mol. The lowest BCUT2D eigenvalue weighted by atomic mass is 9.45. The summed E-state index contributed by atoms with van der Waals surface area (Å²) in [6.07, 6.45) is 3.30. The summed E-state index contributed by atoms with van der Waals surface area (Å²) in [7, 11) is 1.91. The maximum atomic E-state index is 15.6. The van der Waals surface area contributed by atoms with Gasteiger partial charge in [-0.2, -0.15) is 4.31 Å². The average Bonchev–Trinajstić information content (AvgIpc) is 3.31. The van der Waals surface area contributed by atoms with E-state index in [2.05, 4.69) is 56.7 Å². The first kappa shape index (κ1) is 39.0. The van der Waals surface area contributed by atoms with Gasteiger partial charge in [0.25, 0.3) is 0 Å². The highest BCUT2D eigenvalue weighted by Gasteiger charge is 2.56. The van der Waals surface area contributed by atoms with Crippen LogP contribution in [0.5, 0.6) is 5.75 Å². The summed E-state index contributed by atoms with van der Waals surface area (Å²) in [5.74, 6) is 0.991. The van der Waals surface area contributed by atoms with Crippen molar-refractivity contribution >= 4 is 27.5 Å². The van der Waals surface area contributed by atoms with E-state index < -0.39 is 21.9 Å². The molecular weight excluding hydrogens is 675 g/mol. The van der Waals surface area contributed by atoms with Gasteiger partial charge in [-0.25, -0.2) is 12.8 Å². The Morgan fingerprint density at radius 3 is 2.46 bits per heavy atom. The van der Waals surface area contributed by atoms with E-state index in [1.54, 1.807) is 12.1 Å². The molecule has 11 heteroatoms. The predicted octanol–water partition coefficient (Wildman–Crippen LogP) is 6.95. The number of hydrogen-bond acceptors (Lipinski definition) is 6.